The van der Waals surface area contributed by atoms with Gasteiger partial charge in [-0.2, -0.15) is 0 Å². The van der Waals surface area contributed by atoms with E-state index >= 15 is 0 Å². The fourth-order valence-corrected chi connectivity index (χ4v) is 2.60. The summed E-state index contributed by atoms with van der Waals surface area (Å²) in [5.41, 5.74) is 3.12. The Labute approximate surface area is 133 Å². The first-order valence-electron chi connectivity index (χ1n) is 7.86. The molecule has 1 aliphatic rings. The molecular weight excluding hydrogens is 271 g/mol. The Kier molecular flexibility index (Phi) is 3.88. The van der Waals surface area contributed by atoms with E-state index in [9.17, 15) is 0 Å². The molecule has 2 aromatic carbocycles. The van der Waals surface area contributed by atoms with Gasteiger partial charge in [0.1, 0.15) is 0 Å². The second-order valence-electron chi connectivity index (χ2n) is 6.99. The van der Waals surface area contributed by atoms with Gasteiger partial charge in [-0.15, -0.1) is 0 Å². The van der Waals surface area contributed by atoms with Crippen LogP contribution in [0.5, 0.6) is 0 Å². The average molecular weight is 294 g/mol. The molecule has 3 rings (SSSR count). The molecule has 1 saturated heterocycles. The van der Waals surface area contributed by atoms with Crippen LogP contribution in [-0.2, 0) is 15.7 Å². The Morgan fingerprint density at radius 1 is 0.727 bits per heavy atom. The summed E-state index contributed by atoms with van der Waals surface area (Å²) in [6, 6.07) is 19.1. The molecule has 0 bridgehead atoms. The van der Waals surface area contributed by atoms with Crippen LogP contribution in [0.4, 0.5) is 0 Å². The van der Waals surface area contributed by atoms with Gasteiger partial charge in [-0.05, 0) is 50.7 Å². The van der Waals surface area contributed by atoms with Gasteiger partial charge in [0.15, 0.2) is 0 Å². The Hall–Kier alpha value is -1.58. The van der Waals surface area contributed by atoms with E-state index in [1.54, 1.807) is 0 Å². The zero-order valence-corrected chi connectivity index (χ0v) is 13.8. The lowest BCUT2D eigenvalue weighted by molar-refractivity contribution is 0.00578. The molecule has 2 nitrogen and oxygen atoms in total. The second-order valence-corrected chi connectivity index (χ2v) is 6.99. The Bertz CT molecular complexity index is 616. The van der Waals surface area contributed by atoms with Crippen LogP contribution in [0.25, 0.3) is 0 Å². The molecule has 0 aromatic heterocycles. The maximum atomic E-state index is 6.09. The highest BCUT2D eigenvalue weighted by Crippen LogP contribution is 2.36. The number of benzene rings is 2. The number of hydrogen-bond acceptors (Lipinski definition) is 2. The van der Waals surface area contributed by atoms with Crippen LogP contribution >= 0.6 is 0 Å². The SMILES string of the molecule is CC1(C)OB(c2ccc(Cc3ccccc3)cc2)OC1(C)C. The Balaban J connectivity index is 1.73. The molecular formula is C19H23BO2. The minimum absolute atomic E-state index is 0.282. The van der Waals surface area contributed by atoms with E-state index in [0.29, 0.717) is 0 Å². The highest BCUT2D eigenvalue weighted by Gasteiger charge is 2.51. The molecule has 0 radical (unpaired) electrons. The van der Waals surface area contributed by atoms with Crippen molar-refractivity contribution in [2.24, 2.45) is 0 Å². The summed E-state index contributed by atoms with van der Waals surface area (Å²) in [6.07, 6.45) is 0.949. The molecule has 0 atom stereocenters. The zero-order chi connectivity index (χ0) is 15.8. The lowest BCUT2D eigenvalue weighted by Crippen LogP contribution is -2.41. The van der Waals surface area contributed by atoms with Gasteiger partial charge in [-0.1, -0.05) is 54.6 Å². The third kappa shape index (κ3) is 2.97. The van der Waals surface area contributed by atoms with Crippen LogP contribution in [0.3, 0.4) is 0 Å². The predicted octanol–water partition coefficient (Wildman–Crippen LogP) is 3.58. The first-order chi connectivity index (χ1) is 10.4. The van der Waals surface area contributed by atoms with Crippen LogP contribution in [0.2, 0.25) is 0 Å². The van der Waals surface area contributed by atoms with Crippen molar-refractivity contribution >= 4 is 12.6 Å². The zero-order valence-electron chi connectivity index (χ0n) is 13.8. The Morgan fingerprint density at radius 2 is 1.23 bits per heavy atom. The molecule has 1 aliphatic heterocycles. The van der Waals surface area contributed by atoms with E-state index in [0.717, 1.165) is 11.9 Å². The number of rotatable bonds is 3. The summed E-state index contributed by atoms with van der Waals surface area (Å²) in [5.74, 6) is 0. The molecule has 0 unspecified atom stereocenters. The van der Waals surface area contributed by atoms with Crippen molar-refractivity contribution in [2.45, 2.75) is 45.3 Å². The van der Waals surface area contributed by atoms with Crippen molar-refractivity contribution in [3.8, 4) is 0 Å². The molecule has 2 aromatic rings. The molecule has 0 amide bonds. The van der Waals surface area contributed by atoms with E-state index in [1.807, 2.05) is 6.07 Å². The van der Waals surface area contributed by atoms with Gasteiger partial charge >= 0.3 is 7.12 Å². The molecule has 0 saturated carbocycles. The van der Waals surface area contributed by atoms with Crippen molar-refractivity contribution in [3.63, 3.8) is 0 Å². The predicted molar refractivity (Wildman–Crippen MR) is 91.4 cm³/mol. The maximum absolute atomic E-state index is 6.09. The first-order valence-corrected chi connectivity index (χ1v) is 7.86. The van der Waals surface area contributed by atoms with E-state index in [1.165, 1.54) is 11.1 Å². The minimum Gasteiger partial charge on any atom is -0.399 e. The van der Waals surface area contributed by atoms with E-state index in [2.05, 4.69) is 76.2 Å². The summed E-state index contributed by atoms with van der Waals surface area (Å²) < 4.78 is 12.2. The van der Waals surface area contributed by atoms with Gasteiger partial charge in [0.25, 0.3) is 0 Å². The fourth-order valence-electron chi connectivity index (χ4n) is 2.60. The molecule has 1 fully saturated rings. The van der Waals surface area contributed by atoms with Crippen molar-refractivity contribution in [3.05, 3.63) is 65.7 Å². The molecule has 0 aliphatic carbocycles. The summed E-state index contributed by atoms with van der Waals surface area (Å²) in [6.45, 7) is 8.32. The van der Waals surface area contributed by atoms with Crippen molar-refractivity contribution in [1.82, 2.24) is 0 Å². The normalized spacial score (nSPS) is 19.4. The van der Waals surface area contributed by atoms with Crippen LogP contribution in [-0.4, -0.2) is 18.3 Å². The van der Waals surface area contributed by atoms with Crippen LogP contribution in [0, 0.1) is 0 Å². The summed E-state index contributed by atoms with van der Waals surface area (Å²) in [4.78, 5) is 0. The summed E-state index contributed by atoms with van der Waals surface area (Å²) in [7, 11) is -0.282. The van der Waals surface area contributed by atoms with Crippen LogP contribution in [0.1, 0.15) is 38.8 Å². The number of hydrogen-bond donors (Lipinski definition) is 0. The second kappa shape index (κ2) is 5.56. The Morgan fingerprint density at radius 3 is 1.77 bits per heavy atom. The first kappa shape index (κ1) is 15.3. The monoisotopic (exact) mass is 294 g/mol. The van der Waals surface area contributed by atoms with Gasteiger partial charge in [0, 0.05) is 0 Å². The van der Waals surface area contributed by atoms with Gasteiger partial charge < -0.3 is 9.31 Å². The van der Waals surface area contributed by atoms with Crippen LogP contribution in [0.15, 0.2) is 54.6 Å². The third-order valence-corrected chi connectivity index (χ3v) is 4.76. The maximum Gasteiger partial charge on any atom is 0.494 e. The van der Waals surface area contributed by atoms with Crippen LogP contribution < -0.4 is 5.46 Å². The summed E-state index contributed by atoms with van der Waals surface area (Å²) in [5, 5.41) is 0. The highest BCUT2D eigenvalue weighted by molar-refractivity contribution is 6.62. The lowest BCUT2D eigenvalue weighted by atomic mass is 9.78. The van der Waals surface area contributed by atoms with Crippen molar-refractivity contribution in [1.29, 1.82) is 0 Å². The topological polar surface area (TPSA) is 18.5 Å². The van der Waals surface area contributed by atoms with Gasteiger partial charge in [0.05, 0.1) is 11.2 Å². The standard InChI is InChI=1S/C19H23BO2/c1-18(2)19(3,4)22-20(21-18)17-12-10-16(11-13-17)14-15-8-6-5-7-9-15/h5-13H,14H2,1-4H3. The average Bonchev–Trinajstić information content (AvgIpc) is 2.69. The third-order valence-electron chi connectivity index (χ3n) is 4.76. The van der Waals surface area contributed by atoms with E-state index < -0.39 is 0 Å². The van der Waals surface area contributed by atoms with Gasteiger partial charge in [-0.3, -0.25) is 0 Å². The van der Waals surface area contributed by atoms with Crippen molar-refractivity contribution in [2.75, 3.05) is 0 Å². The van der Waals surface area contributed by atoms with E-state index in [-0.39, 0.29) is 18.3 Å². The van der Waals surface area contributed by atoms with Gasteiger partial charge in [0.2, 0.25) is 0 Å². The molecule has 114 valence electrons. The smallest absolute Gasteiger partial charge is 0.399 e. The lowest BCUT2D eigenvalue weighted by Gasteiger charge is -2.32. The molecule has 0 N–H and O–H groups in total. The van der Waals surface area contributed by atoms with Crippen molar-refractivity contribution < 1.29 is 9.31 Å². The summed E-state index contributed by atoms with van der Waals surface area (Å²) >= 11 is 0. The largest absolute Gasteiger partial charge is 0.494 e. The van der Waals surface area contributed by atoms with E-state index in [4.69, 9.17) is 9.31 Å². The molecule has 22 heavy (non-hydrogen) atoms. The highest BCUT2D eigenvalue weighted by atomic mass is 16.7. The fraction of sp³-hybridized carbons (Fsp3) is 0.368. The molecule has 3 heteroatoms. The van der Waals surface area contributed by atoms with Gasteiger partial charge in [-0.25, -0.2) is 0 Å². The quantitative estimate of drug-likeness (QED) is 0.806. The molecule has 0 spiro atoms. The molecule has 1 heterocycles. The minimum atomic E-state index is -0.291.